The van der Waals surface area contributed by atoms with Gasteiger partial charge in [-0.1, -0.05) is 60.7 Å². The molecule has 6 nitrogen and oxygen atoms in total. The van der Waals surface area contributed by atoms with Crippen molar-refractivity contribution >= 4 is 44.8 Å². The second-order valence-corrected chi connectivity index (χ2v) is 8.83. The van der Waals surface area contributed by atoms with Crippen molar-refractivity contribution in [2.24, 2.45) is 0 Å². The van der Waals surface area contributed by atoms with E-state index in [0.717, 1.165) is 27.8 Å². The normalized spacial score (nSPS) is 10.8. The molecule has 0 unspecified atom stereocenters. The van der Waals surface area contributed by atoms with Gasteiger partial charge in [-0.3, -0.25) is 4.79 Å². The average Bonchev–Trinajstić information content (AvgIpc) is 3.25. The van der Waals surface area contributed by atoms with Gasteiger partial charge in [-0.25, -0.2) is 9.78 Å². The molecule has 2 aromatic heterocycles. The number of ether oxygens (including phenoxy) is 1. The number of benzene rings is 3. The third-order valence-corrected chi connectivity index (χ3v) is 6.72. The van der Waals surface area contributed by atoms with E-state index in [1.165, 1.54) is 18.4 Å². The lowest BCUT2D eigenvalue weighted by atomic mass is 9.99. The van der Waals surface area contributed by atoms with Crippen LogP contribution in [0.15, 0.2) is 91.0 Å². The van der Waals surface area contributed by atoms with Crippen molar-refractivity contribution in [2.45, 2.75) is 0 Å². The molecule has 3 N–H and O–H groups in total. The third kappa shape index (κ3) is 4.37. The van der Waals surface area contributed by atoms with Crippen molar-refractivity contribution in [1.29, 1.82) is 0 Å². The van der Waals surface area contributed by atoms with Gasteiger partial charge in [-0.05, 0) is 41.5 Å². The van der Waals surface area contributed by atoms with Gasteiger partial charge in [0, 0.05) is 16.6 Å². The maximum atomic E-state index is 13.2. The molecule has 0 fully saturated rings. The van der Waals surface area contributed by atoms with Crippen molar-refractivity contribution < 1.29 is 14.3 Å². The van der Waals surface area contributed by atoms with Gasteiger partial charge < -0.3 is 15.8 Å². The fraction of sp³-hybridized carbons (Fsp3) is 0.0357. The van der Waals surface area contributed by atoms with Gasteiger partial charge in [-0.15, -0.1) is 11.3 Å². The van der Waals surface area contributed by atoms with E-state index in [-0.39, 0.29) is 5.91 Å². The maximum absolute atomic E-state index is 13.2. The van der Waals surface area contributed by atoms with Crippen molar-refractivity contribution in [3.63, 3.8) is 0 Å². The third-order valence-electron chi connectivity index (χ3n) is 5.62. The molecule has 0 atom stereocenters. The van der Waals surface area contributed by atoms with E-state index in [2.05, 4.69) is 5.32 Å². The van der Waals surface area contributed by atoms with Crippen LogP contribution in [0.1, 0.15) is 20.0 Å². The summed E-state index contributed by atoms with van der Waals surface area (Å²) in [5, 5.41) is 3.62. The number of nitrogen functional groups attached to an aromatic ring is 1. The number of amides is 1. The standard InChI is InChI=1S/C28H21N3O3S/c1-34-28(33)19-12-14-20(15-13-19)30-26(32)25-24(29)23-21(17-8-4-2-5-9-17)16-22(31-27(23)35-25)18-10-6-3-7-11-18/h2-16H,29H2,1H3,(H,30,32). The number of anilines is 2. The SMILES string of the molecule is COC(=O)c1ccc(NC(=O)c2sc3nc(-c4ccccc4)cc(-c4ccccc4)c3c2N)cc1. The quantitative estimate of drug-likeness (QED) is 0.291. The molecule has 5 aromatic rings. The number of nitrogens with zero attached hydrogens (tertiary/aromatic N) is 1. The molecule has 0 radical (unpaired) electrons. The van der Waals surface area contributed by atoms with E-state index in [1.54, 1.807) is 24.3 Å². The van der Waals surface area contributed by atoms with E-state index < -0.39 is 5.97 Å². The molecule has 2 heterocycles. The van der Waals surface area contributed by atoms with Crippen LogP contribution in [0.5, 0.6) is 0 Å². The number of hydrogen-bond acceptors (Lipinski definition) is 6. The van der Waals surface area contributed by atoms with Crippen molar-refractivity contribution in [3.05, 3.63) is 101 Å². The molecule has 0 saturated heterocycles. The Morgan fingerprint density at radius 3 is 2.14 bits per heavy atom. The molecule has 0 bridgehead atoms. The van der Waals surface area contributed by atoms with Crippen molar-refractivity contribution in [3.8, 4) is 22.4 Å². The van der Waals surface area contributed by atoms with Crippen molar-refractivity contribution in [2.75, 3.05) is 18.2 Å². The summed E-state index contributed by atoms with van der Waals surface area (Å²) >= 11 is 1.26. The summed E-state index contributed by atoms with van der Waals surface area (Å²) < 4.78 is 4.72. The molecule has 0 spiro atoms. The number of methoxy groups -OCH3 is 1. The van der Waals surface area contributed by atoms with Crippen LogP contribution in [-0.2, 0) is 4.74 Å². The molecule has 5 rings (SSSR count). The van der Waals surface area contributed by atoms with Gasteiger partial charge in [0.2, 0.25) is 0 Å². The molecule has 0 aliphatic rings. The molecular weight excluding hydrogens is 458 g/mol. The summed E-state index contributed by atoms with van der Waals surface area (Å²) in [5.41, 5.74) is 11.6. The monoisotopic (exact) mass is 479 g/mol. The Balaban J connectivity index is 1.58. The zero-order valence-electron chi connectivity index (χ0n) is 18.8. The Morgan fingerprint density at radius 2 is 1.51 bits per heavy atom. The largest absolute Gasteiger partial charge is 0.465 e. The van der Waals surface area contributed by atoms with Gasteiger partial charge in [-0.2, -0.15) is 0 Å². The zero-order valence-corrected chi connectivity index (χ0v) is 19.6. The Labute approximate surface area is 206 Å². The Bertz CT molecular complexity index is 1530. The van der Waals surface area contributed by atoms with Crippen LogP contribution >= 0.6 is 11.3 Å². The molecule has 1 amide bonds. The summed E-state index contributed by atoms with van der Waals surface area (Å²) in [5.74, 6) is -0.776. The number of fused-ring (bicyclic) bond motifs is 1. The first-order valence-electron chi connectivity index (χ1n) is 10.9. The van der Waals surface area contributed by atoms with Crippen LogP contribution in [0, 0.1) is 0 Å². The van der Waals surface area contributed by atoms with Gasteiger partial charge in [0.1, 0.15) is 9.71 Å². The van der Waals surface area contributed by atoms with Crippen LogP contribution in [0.4, 0.5) is 11.4 Å². The smallest absolute Gasteiger partial charge is 0.337 e. The first-order chi connectivity index (χ1) is 17.0. The summed E-state index contributed by atoms with van der Waals surface area (Å²) in [4.78, 5) is 30.8. The Kier molecular flexibility index (Phi) is 5.99. The fourth-order valence-electron chi connectivity index (χ4n) is 3.89. The topological polar surface area (TPSA) is 94.3 Å². The molecule has 172 valence electrons. The minimum absolute atomic E-state index is 0.336. The van der Waals surface area contributed by atoms with Crippen LogP contribution in [0.3, 0.4) is 0 Å². The molecule has 0 aliphatic carbocycles. The second kappa shape index (κ2) is 9.40. The zero-order chi connectivity index (χ0) is 24.4. The maximum Gasteiger partial charge on any atom is 0.337 e. The molecule has 35 heavy (non-hydrogen) atoms. The van der Waals surface area contributed by atoms with Gasteiger partial charge in [0.15, 0.2) is 0 Å². The van der Waals surface area contributed by atoms with Gasteiger partial charge in [0.05, 0.1) is 24.1 Å². The Morgan fingerprint density at radius 1 is 0.886 bits per heavy atom. The highest BCUT2D eigenvalue weighted by Crippen LogP contribution is 2.41. The molecule has 7 heteroatoms. The molecular formula is C28H21N3O3S. The van der Waals surface area contributed by atoms with Crippen LogP contribution in [0.2, 0.25) is 0 Å². The lowest BCUT2D eigenvalue weighted by molar-refractivity contribution is 0.0600. The number of rotatable bonds is 5. The highest BCUT2D eigenvalue weighted by molar-refractivity contribution is 7.21. The second-order valence-electron chi connectivity index (χ2n) is 7.84. The van der Waals surface area contributed by atoms with E-state index in [9.17, 15) is 9.59 Å². The molecule has 3 aromatic carbocycles. The number of nitrogens with two attached hydrogens (primary N) is 1. The minimum atomic E-state index is -0.439. The number of carbonyl (C=O) groups is 2. The first kappa shape index (κ1) is 22.3. The lowest BCUT2D eigenvalue weighted by Crippen LogP contribution is -2.12. The minimum Gasteiger partial charge on any atom is -0.465 e. The summed E-state index contributed by atoms with van der Waals surface area (Å²) in [6, 6.07) is 28.3. The lowest BCUT2D eigenvalue weighted by Gasteiger charge is -2.09. The molecule has 0 aliphatic heterocycles. The van der Waals surface area contributed by atoms with Crippen LogP contribution in [0.25, 0.3) is 32.6 Å². The highest BCUT2D eigenvalue weighted by Gasteiger charge is 2.22. The van der Waals surface area contributed by atoms with Crippen LogP contribution in [-0.4, -0.2) is 24.0 Å². The number of aromatic nitrogens is 1. The van der Waals surface area contributed by atoms with E-state index >= 15 is 0 Å². The van der Waals surface area contributed by atoms with Gasteiger partial charge in [0.25, 0.3) is 5.91 Å². The number of pyridine rings is 1. The predicted octanol–water partition coefficient (Wildman–Crippen LogP) is 6.25. The predicted molar refractivity (Wildman–Crippen MR) is 141 cm³/mol. The number of hydrogen-bond donors (Lipinski definition) is 2. The van der Waals surface area contributed by atoms with Crippen molar-refractivity contribution in [1.82, 2.24) is 4.98 Å². The molecule has 0 saturated carbocycles. The summed E-state index contributed by atoms with van der Waals surface area (Å²) in [7, 11) is 1.32. The van der Waals surface area contributed by atoms with E-state index in [0.29, 0.717) is 26.6 Å². The average molecular weight is 480 g/mol. The number of nitrogens with one attached hydrogen (secondary N) is 1. The summed E-state index contributed by atoms with van der Waals surface area (Å²) in [6.45, 7) is 0. The highest BCUT2D eigenvalue weighted by atomic mass is 32.1. The van der Waals surface area contributed by atoms with E-state index in [1.807, 2.05) is 66.7 Å². The fourth-order valence-corrected chi connectivity index (χ4v) is 4.90. The van der Waals surface area contributed by atoms with Crippen LogP contribution < -0.4 is 11.1 Å². The number of esters is 1. The summed E-state index contributed by atoms with van der Waals surface area (Å²) in [6.07, 6.45) is 0. The van der Waals surface area contributed by atoms with E-state index in [4.69, 9.17) is 15.5 Å². The van der Waals surface area contributed by atoms with Gasteiger partial charge >= 0.3 is 5.97 Å². The Hall–Kier alpha value is -4.49. The number of carbonyl (C=O) groups excluding carboxylic acids is 2. The number of thiophene rings is 1. The first-order valence-corrected chi connectivity index (χ1v) is 11.7.